The lowest BCUT2D eigenvalue weighted by Gasteiger charge is -2.01. The molecule has 0 aromatic heterocycles. The van der Waals surface area contributed by atoms with Crippen molar-refractivity contribution in [1.82, 2.24) is 5.73 Å². The van der Waals surface area contributed by atoms with Gasteiger partial charge in [0.2, 0.25) is 0 Å². The van der Waals surface area contributed by atoms with Gasteiger partial charge >= 0.3 is 0 Å². The molecule has 0 atom stereocenters. The molecule has 1 N–H and O–H groups in total. The van der Waals surface area contributed by atoms with Crippen LogP contribution in [0.5, 0.6) is 0 Å². The van der Waals surface area contributed by atoms with Gasteiger partial charge < -0.3 is 5.73 Å². The van der Waals surface area contributed by atoms with Crippen molar-refractivity contribution in [1.29, 1.82) is 0 Å². The van der Waals surface area contributed by atoms with E-state index < -0.39 is 0 Å². The summed E-state index contributed by atoms with van der Waals surface area (Å²) in [5, 5.41) is 0. The quantitative estimate of drug-likeness (QED) is 0.629. The van der Waals surface area contributed by atoms with Crippen molar-refractivity contribution in [3.05, 3.63) is 29.8 Å². The summed E-state index contributed by atoms with van der Waals surface area (Å²) in [6, 6.07) is 7.81. The minimum absolute atomic E-state index is 0.681. The number of hydrogen-bond acceptors (Lipinski definition) is 0. The van der Waals surface area contributed by atoms with E-state index in [0.29, 0.717) is 5.69 Å². The van der Waals surface area contributed by atoms with E-state index in [4.69, 9.17) is 5.73 Å². The topological polar surface area (TPSA) is 23.8 Å². The smallest absolute Gasteiger partial charge is 0.0571 e. The van der Waals surface area contributed by atoms with Gasteiger partial charge in [0.05, 0.1) is 5.69 Å². The van der Waals surface area contributed by atoms with Crippen LogP contribution in [0, 0.1) is 0 Å². The predicted molar refractivity (Wildman–Crippen MR) is 47.8 cm³/mol. The molecule has 0 fully saturated rings. The third kappa shape index (κ3) is 2.26. The third-order valence-corrected chi connectivity index (χ3v) is 1.82. The van der Waals surface area contributed by atoms with Gasteiger partial charge in [-0.3, -0.25) is 0 Å². The number of rotatable bonds is 3. The molecule has 1 aromatic carbocycles. The van der Waals surface area contributed by atoms with E-state index in [0.717, 1.165) is 6.42 Å². The van der Waals surface area contributed by atoms with Gasteiger partial charge in [0, 0.05) is 0 Å². The monoisotopic (exact) mass is 148 g/mol. The van der Waals surface area contributed by atoms with Gasteiger partial charge in [-0.25, -0.2) is 0 Å². The van der Waals surface area contributed by atoms with Gasteiger partial charge in [0.15, 0.2) is 0 Å². The summed E-state index contributed by atoms with van der Waals surface area (Å²) in [6.07, 6.45) is 3.44. The summed E-state index contributed by atoms with van der Waals surface area (Å²) in [7, 11) is 0. The summed E-state index contributed by atoms with van der Waals surface area (Å²) < 4.78 is 0. The number of aryl methyl sites for hydroxylation is 1. The highest BCUT2D eigenvalue weighted by molar-refractivity contribution is 5.42. The fraction of sp³-hybridized carbons (Fsp3) is 0.400. The zero-order chi connectivity index (χ0) is 8.10. The van der Waals surface area contributed by atoms with Crippen LogP contribution in [-0.2, 0) is 6.42 Å². The fourth-order valence-electron chi connectivity index (χ4n) is 1.11. The molecule has 0 unspecified atom stereocenters. The molecule has 0 aliphatic heterocycles. The molecule has 1 heteroatoms. The molecule has 0 saturated carbocycles. The summed E-state index contributed by atoms with van der Waals surface area (Å²) in [5.41, 5.74) is 9.41. The summed E-state index contributed by atoms with van der Waals surface area (Å²) in [4.78, 5) is 0. The Kier molecular flexibility index (Phi) is 2.96. The van der Waals surface area contributed by atoms with E-state index in [-0.39, 0.29) is 0 Å². The van der Waals surface area contributed by atoms with Crippen molar-refractivity contribution >= 4 is 5.69 Å². The molecule has 11 heavy (non-hydrogen) atoms. The molecular weight excluding hydrogens is 134 g/mol. The van der Waals surface area contributed by atoms with E-state index in [1.165, 1.54) is 18.4 Å². The van der Waals surface area contributed by atoms with E-state index >= 15 is 0 Å². The minimum Gasteiger partial charge on any atom is -0.301 e. The molecule has 1 radical (unpaired) electrons. The Morgan fingerprint density at radius 2 is 2.00 bits per heavy atom. The summed E-state index contributed by atoms with van der Waals surface area (Å²) in [6.45, 7) is 2.17. The Labute approximate surface area is 68.2 Å². The van der Waals surface area contributed by atoms with Gasteiger partial charge in [-0.2, -0.15) is 0 Å². The summed E-state index contributed by atoms with van der Waals surface area (Å²) in [5.74, 6) is 0. The average Bonchev–Trinajstić information content (AvgIpc) is 2.03. The molecule has 59 valence electrons. The molecule has 0 bridgehead atoms. The number of nitrogens with one attached hydrogen (secondary N) is 1. The van der Waals surface area contributed by atoms with Gasteiger partial charge in [-0.15, -0.1) is 0 Å². The molecule has 1 rings (SSSR count). The number of hydrogen-bond donors (Lipinski definition) is 0. The largest absolute Gasteiger partial charge is 0.301 e. The van der Waals surface area contributed by atoms with E-state index in [1.54, 1.807) is 0 Å². The lowest BCUT2D eigenvalue weighted by Crippen LogP contribution is -1.85. The Bertz CT molecular complexity index is 218. The van der Waals surface area contributed by atoms with Crippen LogP contribution in [0.1, 0.15) is 25.3 Å². The molecule has 0 heterocycles. The van der Waals surface area contributed by atoms with Gasteiger partial charge in [-0.1, -0.05) is 31.5 Å². The number of benzene rings is 1. The third-order valence-electron chi connectivity index (χ3n) is 1.82. The van der Waals surface area contributed by atoms with Crippen molar-refractivity contribution in [3.8, 4) is 0 Å². The van der Waals surface area contributed by atoms with Crippen molar-refractivity contribution in [3.63, 3.8) is 0 Å². The van der Waals surface area contributed by atoms with E-state index in [9.17, 15) is 0 Å². The van der Waals surface area contributed by atoms with Crippen LogP contribution in [0.15, 0.2) is 24.3 Å². The van der Waals surface area contributed by atoms with Crippen molar-refractivity contribution in [2.45, 2.75) is 26.2 Å². The predicted octanol–water partition coefficient (Wildman–Crippen LogP) is 2.94. The fourth-order valence-corrected chi connectivity index (χ4v) is 1.11. The average molecular weight is 148 g/mol. The maximum Gasteiger partial charge on any atom is 0.0571 e. The van der Waals surface area contributed by atoms with Crippen LogP contribution >= 0.6 is 0 Å². The first-order valence-electron chi connectivity index (χ1n) is 4.14. The van der Waals surface area contributed by atoms with Crippen LogP contribution in [0.4, 0.5) is 5.69 Å². The first-order chi connectivity index (χ1) is 5.34. The highest BCUT2D eigenvalue weighted by atomic mass is 14.6. The van der Waals surface area contributed by atoms with Crippen molar-refractivity contribution in [2.24, 2.45) is 0 Å². The molecule has 0 spiro atoms. The lowest BCUT2D eigenvalue weighted by atomic mass is 10.1. The van der Waals surface area contributed by atoms with Crippen molar-refractivity contribution < 1.29 is 0 Å². The first-order valence-corrected chi connectivity index (χ1v) is 4.14. The maximum atomic E-state index is 7.55. The van der Waals surface area contributed by atoms with Crippen LogP contribution in [-0.4, -0.2) is 0 Å². The van der Waals surface area contributed by atoms with E-state index in [1.807, 2.05) is 24.3 Å². The molecule has 0 amide bonds. The Morgan fingerprint density at radius 1 is 1.27 bits per heavy atom. The molecule has 0 aliphatic carbocycles. The second-order valence-corrected chi connectivity index (χ2v) is 2.76. The maximum absolute atomic E-state index is 7.55. The van der Waals surface area contributed by atoms with Gasteiger partial charge in [-0.05, 0) is 24.5 Å². The second kappa shape index (κ2) is 4.02. The lowest BCUT2D eigenvalue weighted by molar-refractivity contribution is 0.795. The SMILES string of the molecule is CCCCc1ccccc1[NH]. The minimum atomic E-state index is 0.681. The van der Waals surface area contributed by atoms with E-state index in [2.05, 4.69) is 6.92 Å². The van der Waals surface area contributed by atoms with Crippen LogP contribution in [0.25, 0.3) is 0 Å². The van der Waals surface area contributed by atoms with Crippen LogP contribution in [0.3, 0.4) is 0 Å². The second-order valence-electron chi connectivity index (χ2n) is 2.76. The van der Waals surface area contributed by atoms with Crippen LogP contribution < -0.4 is 5.73 Å². The molecule has 0 aliphatic rings. The zero-order valence-electron chi connectivity index (χ0n) is 6.93. The molecule has 1 nitrogen and oxygen atoms in total. The van der Waals surface area contributed by atoms with Gasteiger partial charge in [0.25, 0.3) is 0 Å². The summed E-state index contributed by atoms with van der Waals surface area (Å²) >= 11 is 0. The Morgan fingerprint density at radius 3 is 2.64 bits per heavy atom. The number of unbranched alkanes of at least 4 members (excludes halogenated alkanes) is 1. The first kappa shape index (κ1) is 8.12. The van der Waals surface area contributed by atoms with Crippen LogP contribution in [0.2, 0.25) is 0 Å². The molecule has 1 aromatic rings. The molecule has 0 saturated heterocycles. The molecular formula is C10H14N. The normalized spacial score (nSPS) is 9.91. The Hall–Kier alpha value is -0.980. The zero-order valence-corrected chi connectivity index (χ0v) is 6.93. The Balaban J connectivity index is 2.62. The highest BCUT2D eigenvalue weighted by Gasteiger charge is 1.95. The van der Waals surface area contributed by atoms with Gasteiger partial charge in [0.1, 0.15) is 0 Å². The standard InChI is InChI=1S/C10H14N/c1-2-3-6-9-7-4-5-8-10(9)11/h4-5,7-8,11H,2-3,6H2,1H3. The highest BCUT2D eigenvalue weighted by Crippen LogP contribution is 2.14. The van der Waals surface area contributed by atoms with Crippen molar-refractivity contribution in [2.75, 3.05) is 0 Å².